The Labute approximate surface area is 254 Å². The maximum atomic E-state index is 14.0. The number of carbonyl (C=O) groups excluding carboxylic acids is 1. The van der Waals surface area contributed by atoms with Gasteiger partial charge in [-0.25, -0.2) is 20.2 Å². The van der Waals surface area contributed by atoms with Crippen molar-refractivity contribution >= 4 is 23.0 Å². The molecule has 1 amide bonds. The average molecular weight is 601 g/mol. The molecular weight excluding hydrogens is 566 g/mol. The summed E-state index contributed by atoms with van der Waals surface area (Å²) in [6.45, 7) is 3.52. The van der Waals surface area contributed by atoms with E-state index < -0.39 is 23.0 Å². The molecule has 5 rings (SSSR count). The third-order valence-corrected chi connectivity index (χ3v) is 7.61. The highest BCUT2D eigenvalue weighted by Gasteiger charge is 2.25. The molecule has 3 aromatic carbocycles. The van der Waals surface area contributed by atoms with E-state index in [1.54, 1.807) is 24.3 Å². The van der Waals surface area contributed by atoms with Gasteiger partial charge in [-0.05, 0) is 79.6 Å². The van der Waals surface area contributed by atoms with Crippen molar-refractivity contribution in [3.05, 3.63) is 108 Å². The van der Waals surface area contributed by atoms with Crippen molar-refractivity contribution in [1.29, 1.82) is 0 Å². The van der Waals surface area contributed by atoms with Crippen LogP contribution in [0.4, 0.5) is 14.5 Å². The summed E-state index contributed by atoms with van der Waals surface area (Å²) in [5.41, 5.74) is 11.0. The molecule has 0 saturated carbocycles. The number of benzene rings is 3. The molecule has 2 atom stereocenters. The van der Waals surface area contributed by atoms with E-state index in [-0.39, 0.29) is 6.10 Å². The Balaban J connectivity index is 1.46. The zero-order valence-electron chi connectivity index (χ0n) is 24.4. The van der Waals surface area contributed by atoms with E-state index >= 15 is 0 Å². The van der Waals surface area contributed by atoms with Crippen LogP contribution in [-0.4, -0.2) is 38.0 Å². The van der Waals surface area contributed by atoms with E-state index in [1.807, 2.05) is 49.4 Å². The van der Waals surface area contributed by atoms with E-state index in [4.69, 9.17) is 21.1 Å². The number of nitrogens with zero attached hydrogens (tertiary/aromatic N) is 1. The van der Waals surface area contributed by atoms with Crippen molar-refractivity contribution in [3.8, 4) is 22.6 Å². The molecule has 0 radical (unpaired) electrons. The molecule has 7 N–H and O–H groups in total. The van der Waals surface area contributed by atoms with Crippen molar-refractivity contribution < 1.29 is 23.0 Å². The molecule has 0 spiro atoms. The molecule has 228 valence electrons. The van der Waals surface area contributed by atoms with E-state index in [0.29, 0.717) is 39.7 Å². The lowest BCUT2D eigenvalue weighted by atomic mass is 9.88. The first kappa shape index (κ1) is 30.5. The highest BCUT2D eigenvalue weighted by Crippen LogP contribution is 2.36. The summed E-state index contributed by atoms with van der Waals surface area (Å²) >= 11 is 0. The van der Waals surface area contributed by atoms with Gasteiger partial charge in [0.1, 0.15) is 23.4 Å². The van der Waals surface area contributed by atoms with Gasteiger partial charge in [0.2, 0.25) is 0 Å². The van der Waals surface area contributed by atoms with E-state index in [1.165, 1.54) is 13.2 Å². The van der Waals surface area contributed by atoms with Gasteiger partial charge in [-0.2, -0.15) is 5.10 Å². The fraction of sp³-hybridized carbons (Fsp3) is 0.212. The number of anilines is 1. The number of amides is 1. The Kier molecular flexibility index (Phi) is 9.07. The Morgan fingerprint density at radius 3 is 2.59 bits per heavy atom. The van der Waals surface area contributed by atoms with Gasteiger partial charge < -0.3 is 25.8 Å². The first-order chi connectivity index (χ1) is 21.2. The number of hydrazone groups is 1. The monoisotopic (exact) mass is 600 g/mol. The van der Waals surface area contributed by atoms with Crippen LogP contribution in [0.3, 0.4) is 0 Å². The normalized spacial score (nSPS) is 19.7. The smallest absolute Gasteiger partial charge is 0.255 e. The van der Waals surface area contributed by atoms with Gasteiger partial charge in [0, 0.05) is 28.9 Å². The van der Waals surface area contributed by atoms with Crippen LogP contribution in [0.5, 0.6) is 11.5 Å². The second-order valence-corrected chi connectivity index (χ2v) is 10.7. The van der Waals surface area contributed by atoms with Gasteiger partial charge >= 0.3 is 0 Å². The quantitative estimate of drug-likeness (QED) is 0.102. The Morgan fingerprint density at radius 2 is 1.86 bits per heavy atom. The van der Waals surface area contributed by atoms with Crippen molar-refractivity contribution in [2.45, 2.75) is 19.4 Å². The third-order valence-electron chi connectivity index (χ3n) is 7.61. The molecule has 2 unspecified atom stereocenters. The minimum atomic E-state index is -0.995. The lowest BCUT2D eigenvalue weighted by molar-refractivity contribution is 0.102. The van der Waals surface area contributed by atoms with Crippen molar-refractivity contribution in [3.63, 3.8) is 0 Å². The molecule has 1 aliphatic heterocycles. The van der Waals surface area contributed by atoms with Crippen LogP contribution in [0, 0.1) is 17.0 Å². The number of rotatable bonds is 9. The van der Waals surface area contributed by atoms with Crippen molar-refractivity contribution in [1.82, 2.24) is 10.9 Å². The van der Waals surface area contributed by atoms with Crippen LogP contribution in [0.15, 0.2) is 90.1 Å². The van der Waals surface area contributed by atoms with Crippen LogP contribution in [-0.2, 0) is 0 Å². The second-order valence-electron chi connectivity index (χ2n) is 10.7. The summed E-state index contributed by atoms with van der Waals surface area (Å²) in [5, 5.41) is 10.2. The molecule has 3 aromatic rings. The SMILES string of the molecule is COc1ccc(C(=O)Nc2ccc(OC3CCNC3)c(C3=CC=CC(C)(/C(N)=N/NN)C=C3)c2)cc1-c1ccc(F)c(F)c1. The summed E-state index contributed by atoms with van der Waals surface area (Å²) in [4.78, 5) is 13.4. The number of hydrazine groups is 1. The zero-order chi connectivity index (χ0) is 31.3. The molecule has 1 aliphatic carbocycles. The summed E-state index contributed by atoms with van der Waals surface area (Å²) in [7, 11) is 1.47. The minimum Gasteiger partial charge on any atom is -0.496 e. The van der Waals surface area contributed by atoms with Gasteiger partial charge in [-0.1, -0.05) is 36.4 Å². The van der Waals surface area contributed by atoms with Gasteiger partial charge in [0.25, 0.3) is 5.91 Å². The summed E-state index contributed by atoms with van der Waals surface area (Å²) in [5.74, 6) is 4.36. The standard InChI is InChI=1S/C33H34F2N6O3/c1-33(32(36)40-41-37)13-3-4-20(11-14-33)26-18-23(7-10-30(26)44-24-12-15-38-19-24)39-31(42)22-6-9-29(43-2)25(16-22)21-5-8-27(34)28(35)17-21/h3-11,13-14,16-18,24,38,41H,12,15,19,37H2,1-2H3,(H2,36,40)(H,39,42). The molecule has 1 heterocycles. The Morgan fingerprint density at radius 1 is 1.05 bits per heavy atom. The predicted octanol–water partition coefficient (Wildman–Crippen LogP) is 4.88. The van der Waals surface area contributed by atoms with Crippen LogP contribution >= 0.6 is 0 Å². The Bertz CT molecular complexity index is 1680. The highest BCUT2D eigenvalue weighted by atomic mass is 19.2. The fourth-order valence-corrected chi connectivity index (χ4v) is 5.05. The number of hydrogen-bond donors (Lipinski definition) is 5. The first-order valence-corrected chi connectivity index (χ1v) is 14.1. The van der Waals surface area contributed by atoms with Gasteiger partial charge in [0.15, 0.2) is 11.6 Å². The molecular formula is C33H34F2N6O3. The molecule has 1 fully saturated rings. The van der Waals surface area contributed by atoms with Crippen LogP contribution < -0.4 is 37.2 Å². The number of allylic oxidation sites excluding steroid dienone is 4. The summed E-state index contributed by atoms with van der Waals surface area (Å²) < 4.78 is 39.4. The number of carbonyl (C=O) groups is 1. The van der Waals surface area contributed by atoms with Gasteiger partial charge in [-0.15, -0.1) is 0 Å². The predicted molar refractivity (Wildman–Crippen MR) is 168 cm³/mol. The average Bonchev–Trinajstić information content (AvgIpc) is 3.45. The number of methoxy groups -OCH3 is 1. The maximum Gasteiger partial charge on any atom is 0.255 e. The second kappa shape index (κ2) is 13.1. The van der Waals surface area contributed by atoms with Crippen LogP contribution in [0.1, 0.15) is 29.3 Å². The van der Waals surface area contributed by atoms with Crippen LogP contribution in [0.2, 0.25) is 0 Å². The molecule has 2 aliphatic rings. The summed E-state index contributed by atoms with van der Waals surface area (Å²) in [6, 6.07) is 13.8. The zero-order valence-corrected chi connectivity index (χ0v) is 24.4. The van der Waals surface area contributed by atoms with Crippen LogP contribution in [0.25, 0.3) is 16.7 Å². The fourth-order valence-electron chi connectivity index (χ4n) is 5.05. The molecule has 9 nitrogen and oxygen atoms in total. The van der Waals surface area contributed by atoms with Crippen molar-refractivity contribution in [2.75, 3.05) is 25.5 Å². The number of hydrogen-bond acceptors (Lipinski definition) is 7. The maximum absolute atomic E-state index is 14.0. The van der Waals surface area contributed by atoms with E-state index in [0.717, 1.165) is 42.8 Å². The lowest BCUT2D eigenvalue weighted by Gasteiger charge is -2.20. The summed E-state index contributed by atoms with van der Waals surface area (Å²) in [6.07, 6.45) is 10.5. The number of ether oxygens (including phenoxy) is 2. The lowest BCUT2D eigenvalue weighted by Crippen LogP contribution is -2.34. The van der Waals surface area contributed by atoms with Gasteiger partial charge in [0.05, 0.1) is 12.5 Å². The first-order valence-electron chi connectivity index (χ1n) is 14.1. The number of amidine groups is 1. The number of halogens is 2. The molecule has 1 saturated heterocycles. The topological polar surface area (TPSA) is 136 Å². The van der Waals surface area contributed by atoms with Gasteiger partial charge in [-0.3, -0.25) is 4.79 Å². The largest absolute Gasteiger partial charge is 0.496 e. The Hall–Kier alpha value is -5.00. The molecule has 0 bridgehead atoms. The number of nitrogens with two attached hydrogens (primary N) is 2. The minimum absolute atomic E-state index is 0.0118. The molecule has 44 heavy (non-hydrogen) atoms. The van der Waals surface area contributed by atoms with Crippen molar-refractivity contribution in [2.24, 2.45) is 22.1 Å². The molecule has 11 heteroatoms. The number of nitrogens with one attached hydrogen (secondary N) is 3. The van der Waals surface area contributed by atoms with E-state index in [9.17, 15) is 13.6 Å². The van der Waals surface area contributed by atoms with E-state index in [2.05, 4.69) is 21.3 Å². The molecule has 0 aromatic heterocycles. The highest BCUT2D eigenvalue weighted by molar-refractivity contribution is 6.05. The third kappa shape index (κ3) is 6.64.